The smallest absolute Gasteiger partial charge is 0.271 e. The zero-order valence-electron chi connectivity index (χ0n) is 10.4. The molecule has 4 N–H and O–H groups in total. The van der Waals surface area contributed by atoms with Gasteiger partial charge in [0.15, 0.2) is 0 Å². The number of nitrogens with two attached hydrogens (primary N) is 1. The Morgan fingerprint density at radius 1 is 1.57 bits per heavy atom. The number of nitrogens with zero attached hydrogens (tertiary/aromatic N) is 3. The number of hydrogen-bond acceptors (Lipinski definition) is 7. The topological polar surface area (TPSA) is 140 Å². The van der Waals surface area contributed by atoms with Gasteiger partial charge in [-0.15, -0.1) is 5.10 Å². The number of rotatable bonds is 5. The maximum absolute atomic E-state index is 13.5. The highest BCUT2D eigenvalue weighted by Crippen LogP contribution is 2.22. The second kappa shape index (κ2) is 6.17. The first-order valence-electron chi connectivity index (χ1n) is 5.50. The Kier molecular flexibility index (Phi) is 4.33. The molecule has 0 atom stereocenters. The van der Waals surface area contributed by atoms with Crippen molar-refractivity contribution in [3.63, 3.8) is 0 Å². The van der Waals surface area contributed by atoms with Gasteiger partial charge in [-0.25, -0.2) is 9.49 Å². The number of anilines is 2. The van der Waals surface area contributed by atoms with E-state index in [0.29, 0.717) is 0 Å². The summed E-state index contributed by atoms with van der Waals surface area (Å²) in [6, 6.07) is 2.87. The Balaban J connectivity index is 1.99. The minimum absolute atomic E-state index is 0.0978. The molecular formula is C10H9FN6O3S. The van der Waals surface area contributed by atoms with E-state index in [1.165, 1.54) is 0 Å². The van der Waals surface area contributed by atoms with Crippen molar-refractivity contribution in [2.24, 2.45) is 0 Å². The summed E-state index contributed by atoms with van der Waals surface area (Å²) in [5.41, 5.74) is 4.74. The number of hydrogen-bond donors (Lipinski definition) is 3. The molecule has 0 bridgehead atoms. The van der Waals surface area contributed by atoms with Gasteiger partial charge in [0.25, 0.3) is 5.69 Å². The number of thioether (sulfide) groups is 1. The van der Waals surface area contributed by atoms with Crippen LogP contribution in [0.1, 0.15) is 0 Å². The molecule has 1 amide bonds. The molecule has 2 aromatic rings. The number of aromatic nitrogens is 3. The first kappa shape index (κ1) is 14.7. The summed E-state index contributed by atoms with van der Waals surface area (Å²) in [5.74, 6) is -1.30. The summed E-state index contributed by atoms with van der Waals surface area (Å²) in [6.45, 7) is 0. The van der Waals surface area contributed by atoms with Gasteiger partial charge < -0.3 is 11.1 Å². The lowest BCUT2D eigenvalue weighted by Gasteiger charge is -2.05. The summed E-state index contributed by atoms with van der Waals surface area (Å²) in [5, 5.41) is 19.2. The van der Waals surface area contributed by atoms with Gasteiger partial charge in [-0.05, 0) is 6.07 Å². The van der Waals surface area contributed by atoms with Crippen molar-refractivity contribution < 1.29 is 14.1 Å². The number of halogens is 1. The highest BCUT2D eigenvalue weighted by Gasteiger charge is 2.14. The third kappa shape index (κ3) is 3.89. The zero-order valence-corrected chi connectivity index (χ0v) is 11.2. The number of nitrogens with one attached hydrogen (secondary N) is 2. The van der Waals surface area contributed by atoms with Crippen LogP contribution in [0.25, 0.3) is 0 Å². The number of carbonyl (C=O) groups excluding carboxylic acids is 1. The van der Waals surface area contributed by atoms with Crippen molar-refractivity contribution in [3.8, 4) is 0 Å². The molecule has 0 unspecified atom stereocenters. The van der Waals surface area contributed by atoms with Gasteiger partial charge in [-0.3, -0.25) is 14.9 Å². The standard InChI is InChI=1S/C10H9FN6O3S/c11-6-2-1-5(17(19)20)3-7(6)13-8(18)4-21-10-14-9(12)15-16-10/h1-3H,4H2,(H,13,18)(H3,12,14,15,16). The summed E-state index contributed by atoms with van der Waals surface area (Å²) in [4.78, 5) is 25.4. The predicted molar refractivity (Wildman–Crippen MR) is 73.2 cm³/mol. The molecule has 0 aliphatic rings. The summed E-state index contributed by atoms with van der Waals surface area (Å²) < 4.78 is 13.5. The fourth-order valence-electron chi connectivity index (χ4n) is 1.36. The molecule has 0 spiro atoms. The monoisotopic (exact) mass is 312 g/mol. The number of carbonyl (C=O) groups is 1. The number of aromatic amines is 1. The van der Waals surface area contributed by atoms with E-state index in [1.54, 1.807) is 0 Å². The van der Waals surface area contributed by atoms with E-state index in [9.17, 15) is 19.3 Å². The maximum atomic E-state index is 13.5. The minimum atomic E-state index is -0.763. The molecule has 2 rings (SSSR count). The van der Waals surface area contributed by atoms with Crippen LogP contribution in [0, 0.1) is 15.9 Å². The fraction of sp³-hybridized carbons (Fsp3) is 0.100. The summed E-state index contributed by atoms with van der Waals surface area (Å²) in [7, 11) is 0. The van der Waals surface area contributed by atoms with E-state index in [2.05, 4.69) is 20.5 Å². The van der Waals surface area contributed by atoms with Crippen molar-refractivity contribution >= 4 is 35.0 Å². The molecule has 21 heavy (non-hydrogen) atoms. The molecule has 0 fully saturated rings. The molecule has 1 aromatic carbocycles. The van der Waals surface area contributed by atoms with Crippen molar-refractivity contribution in [3.05, 3.63) is 34.1 Å². The lowest BCUT2D eigenvalue weighted by molar-refractivity contribution is -0.384. The molecule has 0 aliphatic heterocycles. The summed E-state index contributed by atoms with van der Waals surface area (Å²) >= 11 is 0.983. The van der Waals surface area contributed by atoms with Gasteiger partial charge in [0.05, 0.1) is 16.4 Å². The van der Waals surface area contributed by atoms with Crippen LogP contribution in [0.15, 0.2) is 23.4 Å². The van der Waals surface area contributed by atoms with Crippen LogP contribution >= 0.6 is 11.8 Å². The third-order valence-electron chi connectivity index (χ3n) is 2.25. The lowest BCUT2D eigenvalue weighted by atomic mass is 10.2. The highest BCUT2D eigenvalue weighted by atomic mass is 32.2. The van der Waals surface area contributed by atoms with Crippen LogP contribution in [0.4, 0.5) is 21.7 Å². The van der Waals surface area contributed by atoms with Crippen LogP contribution < -0.4 is 11.1 Å². The zero-order chi connectivity index (χ0) is 15.4. The number of nitro benzene ring substituents is 1. The quantitative estimate of drug-likeness (QED) is 0.427. The molecule has 110 valence electrons. The van der Waals surface area contributed by atoms with E-state index in [4.69, 9.17) is 5.73 Å². The Morgan fingerprint density at radius 2 is 2.33 bits per heavy atom. The van der Waals surface area contributed by atoms with E-state index in [1.807, 2.05) is 0 Å². The second-order valence-corrected chi connectivity index (χ2v) is 4.70. The van der Waals surface area contributed by atoms with E-state index >= 15 is 0 Å². The molecule has 1 heterocycles. The van der Waals surface area contributed by atoms with Gasteiger partial charge in [0.2, 0.25) is 17.0 Å². The summed E-state index contributed by atoms with van der Waals surface area (Å²) in [6.07, 6.45) is 0. The molecule has 11 heteroatoms. The maximum Gasteiger partial charge on any atom is 0.271 e. The molecule has 0 saturated heterocycles. The van der Waals surface area contributed by atoms with Crippen molar-refractivity contribution in [1.29, 1.82) is 0 Å². The van der Waals surface area contributed by atoms with Crippen molar-refractivity contribution in [1.82, 2.24) is 15.2 Å². The fourth-order valence-corrected chi connectivity index (χ4v) is 1.97. The van der Waals surface area contributed by atoms with E-state index in [0.717, 1.165) is 30.0 Å². The van der Waals surface area contributed by atoms with Gasteiger partial charge in [-0.2, -0.15) is 4.98 Å². The molecule has 1 aromatic heterocycles. The molecule has 9 nitrogen and oxygen atoms in total. The van der Waals surface area contributed by atoms with Crippen molar-refractivity contribution in [2.45, 2.75) is 5.16 Å². The van der Waals surface area contributed by atoms with Crippen LogP contribution in [-0.2, 0) is 4.79 Å². The van der Waals surface area contributed by atoms with Gasteiger partial charge in [0, 0.05) is 12.1 Å². The molecule has 0 aliphatic carbocycles. The number of amides is 1. The number of nitrogen functional groups attached to an aromatic ring is 1. The largest absolute Gasteiger partial charge is 0.368 e. The van der Waals surface area contributed by atoms with Crippen LogP contribution in [0.3, 0.4) is 0 Å². The first-order valence-corrected chi connectivity index (χ1v) is 6.48. The van der Waals surface area contributed by atoms with Crippen LogP contribution in [0.2, 0.25) is 0 Å². The average Bonchev–Trinajstić information content (AvgIpc) is 2.84. The Bertz CT molecular complexity index is 691. The Hall–Kier alpha value is -2.69. The third-order valence-corrected chi connectivity index (χ3v) is 3.10. The molecule has 0 radical (unpaired) electrons. The number of H-pyrrole nitrogens is 1. The van der Waals surface area contributed by atoms with Gasteiger partial charge >= 0.3 is 0 Å². The lowest BCUT2D eigenvalue weighted by Crippen LogP contribution is -2.15. The second-order valence-electron chi connectivity index (χ2n) is 3.76. The van der Waals surface area contributed by atoms with Crippen LogP contribution in [0.5, 0.6) is 0 Å². The van der Waals surface area contributed by atoms with Gasteiger partial charge in [0.1, 0.15) is 5.82 Å². The minimum Gasteiger partial charge on any atom is -0.368 e. The van der Waals surface area contributed by atoms with E-state index in [-0.39, 0.29) is 28.2 Å². The normalized spacial score (nSPS) is 10.3. The van der Waals surface area contributed by atoms with E-state index < -0.39 is 16.6 Å². The SMILES string of the molecule is Nc1nc(SCC(=O)Nc2cc([N+](=O)[O-])ccc2F)n[nH]1. The first-order chi connectivity index (χ1) is 9.95. The average molecular weight is 312 g/mol. The highest BCUT2D eigenvalue weighted by molar-refractivity contribution is 7.99. The van der Waals surface area contributed by atoms with Crippen LogP contribution in [-0.4, -0.2) is 31.8 Å². The van der Waals surface area contributed by atoms with Crippen molar-refractivity contribution in [2.75, 3.05) is 16.8 Å². The Labute approximate surface area is 121 Å². The number of nitro groups is 1. The number of non-ortho nitro benzene ring substituents is 1. The number of benzene rings is 1. The van der Waals surface area contributed by atoms with Gasteiger partial charge in [-0.1, -0.05) is 11.8 Å². The molecular weight excluding hydrogens is 303 g/mol. The Morgan fingerprint density at radius 3 is 2.95 bits per heavy atom. The molecule has 0 saturated carbocycles. The predicted octanol–water partition coefficient (Wildman–Crippen LogP) is 1.17.